The van der Waals surface area contributed by atoms with Gasteiger partial charge in [0.1, 0.15) is 0 Å². The smallest absolute Gasteiger partial charge is 0.278 e. The van der Waals surface area contributed by atoms with E-state index in [-0.39, 0.29) is 16.8 Å². The Labute approximate surface area is 76.5 Å². The average Bonchev–Trinajstić information content (AvgIpc) is 1.97. The van der Waals surface area contributed by atoms with Crippen molar-refractivity contribution in [1.29, 1.82) is 0 Å². The predicted molar refractivity (Wildman–Crippen MR) is 50.1 cm³/mol. The van der Waals surface area contributed by atoms with Crippen LogP contribution in [0, 0.1) is 30.9 Å². The van der Waals surface area contributed by atoms with Crippen LogP contribution in [0.5, 0.6) is 0 Å². The van der Waals surface area contributed by atoms with Gasteiger partial charge in [0, 0.05) is 23.0 Å². The molecule has 72 valence electrons. The van der Waals surface area contributed by atoms with Crippen LogP contribution in [-0.4, -0.2) is 9.91 Å². The third kappa shape index (κ3) is 2.00. The van der Waals surface area contributed by atoms with Crippen LogP contribution in [0.15, 0.2) is 6.20 Å². The van der Waals surface area contributed by atoms with Crippen molar-refractivity contribution in [2.45, 2.75) is 20.8 Å². The van der Waals surface area contributed by atoms with Crippen molar-refractivity contribution in [2.24, 2.45) is 0 Å². The monoisotopic (exact) mass is 183 g/mol. The molecule has 0 aliphatic carbocycles. The van der Waals surface area contributed by atoms with Gasteiger partial charge in [-0.1, -0.05) is 0 Å². The molecular weight excluding hydrogens is 170 g/mol. The lowest BCUT2D eigenvalue weighted by Crippen LogP contribution is -1.98. The Kier molecular flexibility index (Phi) is 3.50. The Hall–Kier alpha value is -1.49. The molecule has 0 unspecified atom stereocenters. The quantitative estimate of drug-likeness (QED) is 0.533. The van der Waals surface area contributed by atoms with Crippen LogP contribution in [-0.2, 0) is 0 Å². The maximum atomic E-state index is 10.6. The van der Waals surface area contributed by atoms with Crippen molar-refractivity contribution in [3.63, 3.8) is 0 Å². The molecular formula is C8H13N3O2. The maximum absolute atomic E-state index is 10.6. The van der Waals surface area contributed by atoms with E-state index in [4.69, 9.17) is 0 Å². The van der Waals surface area contributed by atoms with Crippen LogP contribution in [0.3, 0.4) is 0 Å². The Bertz CT molecular complexity index is 336. The van der Waals surface area contributed by atoms with E-state index < -0.39 is 0 Å². The molecule has 1 aromatic rings. The van der Waals surface area contributed by atoms with Gasteiger partial charge in [-0.05, 0) is 20.8 Å². The predicted octanol–water partition coefficient (Wildman–Crippen LogP) is 2.08. The third-order valence-electron chi connectivity index (χ3n) is 1.91. The first-order valence-electron chi connectivity index (χ1n) is 3.61. The van der Waals surface area contributed by atoms with Gasteiger partial charge in [-0.2, -0.15) is 0 Å². The molecule has 1 rings (SSSR count). The van der Waals surface area contributed by atoms with Crippen molar-refractivity contribution in [2.75, 3.05) is 0 Å². The number of hydrogen-bond donors (Lipinski definition) is 1. The molecule has 0 saturated carbocycles. The summed E-state index contributed by atoms with van der Waals surface area (Å²) in [7, 11) is 0. The zero-order chi connectivity index (χ0) is 9.30. The lowest BCUT2D eigenvalue weighted by molar-refractivity contribution is -0.386. The van der Waals surface area contributed by atoms with Crippen LogP contribution in [0.1, 0.15) is 16.8 Å². The summed E-state index contributed by atoms with van der Waals surface area (Å²) in [5.41, 5.74) is 2.16. The highest BCUT2D eigenvalue weighted by Crippen LogP contribution is 2.22. The molecule has 5 nitrogen and oxygen atoms in total. The van der Waals surface area contributed by atoms with Gasteiger partial charge in [0.15, 0.2) is 0 Å². The van der Waals surface area contributed by atoms with E-state index in [0.29, 0.717) is 16.8 Å². The van der Waals surface area contributed by atoms with Gasteiger partial charge >= 0.3 is 0 Å². The van der Waals surface area contributed by atoms with Gasteiger partial charge in [0.25, 0.3) is 5.69 Å². The minimum atomic E-state index is -0.362. The highest BCUT2D eigenvalue weighted by atomic mass is 16.6. The summed E-state index contributed by atoms with van der Waals surface area (Å²) in [5, 5.41) is 10.6. The molecule has 0 aliphatic rings. The van der Waals surface area contributed by atoms with Gasteiger partial charge in [0.05, 0.1) is 4.92 Å². The van der Waals surface area contributed by atoms with Crippen molar-refractivity contribution >= 4 is 5.69 Å². The van der Waals surface area contributed by atoms with Crippen LogP contribution < -0.4 is 6.15 Å². The zero-order valence-corrected chi connectivity index (χ0v) is 8.00. The summed E-state index contributed by atoms with van der Waals surface area (Å²) >= 11 is 0. The summed E-state index contributed by atoms with van der Waals surface area (Å²) in [6, 6.07) is 0. The van der Waals surface area contributed by atoms with E-state index in [1.54, 1.807) is 20.8 Å². The minimum Gasteiger partial charge on any atom is -0.344 e. The first-order valence-corrected chi connectivity index (χ1v) is 3.61. The number of aromatic nitrogens is 1. The molecule has 0 bridgehead atoms. The highest BCUT2D eigenvalue weighted by Gasteiger charge is 2.15. The van der Waals surface area contributed by atoms with Gasteiger partial charge in [-0.25, -0.2) is 0 Å². The van der Waals surface area contributed by atoms with Crippen LogP contribution in [0.2, 0.25) is 0 Å². The standard InChI is InChI=1S/C8H10N2O2.H3N/c1-5-4-9-7(3)6(2)8(5)10(11)12;/h4H,1-3H3;1H3. The summed E-state index contributed by atoms with van der Waals surface area (Å²) < 4.78 is 0. The second kappa shape index (κ2) is 3.95. The molecule has 0 saturated heterocycles. The normalized spacial score (nSPS) is 9.15. The van der Waals surface area contributed by atoms with Gasteiger partial charge in [0.2, 0.25) is 0 Å². The Balaban J connectivity index is 0.00000144. The van der Waals surface area contributed by atoms with E-state index in [2.05, 4.69) is 4.98 Å². The molecule has 0 fully saturated rings. The SMILES string of the molecule is Cc1cnc(C)c(C)c1[N+](=O)[O-].N. The van der Waals surface area contributed by atoms with E-state index in [9.17, 15) is 10.1 Å². The van der Waals surface area contributed by atoms with Crippen molar-refractivity contribution in [3.8, 4) is 0 Å². The topological polar surface area (TPSA) is 91.0 Å². The fraction of sp³-hybridized carbons (Fsp3) is 0.375. The van der Waals surface area contributed by atoms with E-state index in [1.165, 1.54) is 6.20 Å². The van der Waals surface area contributed by atoms with E-state index in [1.807, 2.05) is 0 Å². The van der Waals surface area contributed by atoms with Crippen LogP contribution in [0.4, 0.5) is 5.69 Å². The van der Waals surface area contributed by atoms with Crippen molar-refractivity contribution < 1.29 is 4.92 Å². The summed E-state index contributed by atoms with van der Waals surface area (Å²) in [5.74, 6) is 0. The largest absolute Gasteiger partial charge is 0.344 e. The van der Waals surface area contributed by atoms with Crippen molar-refractivity contribution in [1.82, 2.24) is 11.1 Å². The molecule has 3 N–H and O–H groups in total. The molecule has 1 aromatic heterocycles. The van der Waals surface area contributed by atoms with Crippen LogP contribution in [0.25, 0.3) is 0 Å². The molecule has 0 atom stereocenters. The molecule has 5 heteroatoms. The highest BCUT2D eigenvalue weighted by molar-refractivity contribution is 5.46. The number of hydrogen-bond acceptors (Lipinski definition) is 4. The average molecular weight is 183 g/mol. The number of pyridine rings is 1. The van der Waals surface area contributed by atoms with Gasteiger partial charge < -0.3 is 6.15 Å². The second-order valence-electron chi connectivity index (χ2n) is 2.76. The number of nitro groups is 1. The molecule has 0 spiro atoms. The lowest BCUT2D eigenvalue weighted by Gasteiger charge is -2.02. The number of nitrogens with zero attached hydrogens (tertiary/aromatic N) is 2. The molecule has 0 radical (unpaired) electrons. The lowest BCUT2D eigenvalue weighted by atomic mass is 10.1. The van der Waals surface area contributed by atoms with Gasteiger partial charge in [-0.15, -0.1) is 0 Å². The van der Waals surface area contributed by atoms with Gasteiger partial charge in [-0.3, -0.25) is 15.1 Å². The third-order valence-corrected chi connectivity index (χ3v) is 1.91. The molecule has 0 amide bonds. The fourth-order valence-electron chi connectivity index (χ4n) is 1.10. The molecule has 0 aliphatic heterocycles. The van der Waals surface area contributed by atoms with Crippen LogP contribution >= 0.6 is 0 Å². The first kappa shape index (κ1) is 11.5. The second-order valence-corrected chi connectivity index (χ2v) is 2.76. The maximum Gasteiger partial charge on any atom is 0.278 e. The van der Waals surface area contributed by atoms with E-state index in [0.717, 1.165) is 0 Å². The minimum absolute atomic E-state index is 0. The molecule has 13 heavy (non-hydrogen) atoms. The number of rotatable bonds is 1. The Morgan fingerprint density at radius 2 is 1.92 bits per heavy atom. The number of aryl methyl sites for hydroxylation is 2. The Morgan fingerprint density at radius 1 is 1.38 bits per heavy atom. The molecule has 1 heterocycles. The first-order chi connectivity index (χ1) is 5.54. The Morgan fingerprint density at radius 3 is 2.31 bits per heavy atom. The van der Waals surface area contributed by atoms with E-state index >= 15 is 0 Å². The summed E-state index contributed by atoms with van der Waals surface area (Å²) in [6.07, 6.45) is 1.53. The van der Waals surface area contributed by atoms with Crippen molar-refractivity contribution in [3.05, 3.63) is 33.1 Å². The fourth-order valence-corrected chi connectivity index (χ4v) is 1.10. The molecule has 0 aromatic carbocycles. The zero-order valence-electron chi connectivity index (χ0n) is 8.00. The summed E-state index contributed by atoms with van der Waals surface area (Å²) in [6.45, 7) is 5.17. The summed E-state index contributed by atoms with van der Waals surface area (Å²) in [4.78, 5) is 14.2.